The van der Waals surface area contributed by atoms with Gasteiger partial charge in [0, 0.05) is 23.2 Å². The summed E-state index contributed by atoms with van der Waals surface area (Å²) in [7, 11) is 0. The molecule has 0 saturated heterocycles. The van der Waals surface area contributed by atoms with E-state index in [0.717, 1.165) is 41.0 Å². The third kappa shape index (κ3) is 8.05. The molecular weight excluding hydrogens is 505 g/mol. The number of fused-ring (bicyclic) bond motifs is 1. The van der Waals surface area contributed by atoms with Crippen LogP contribution in [0.25, 0.3) is 0 Å². The number of nitrogens with zero attached hydrogens (tertiary/aromatic N) is 1. The SMILES string of the molecule is CCC(C)CCN(C(=O)Nc1ccc(OC(F)(F)F)cc1)C1Cc2ccc(SC(C)(C)C(=O)O)cc2C1. The number of hydrogen-bond acceptors (Lipinski definition) is 4. The Morgan fingerprint density at radius 1 is 1.14 bits per heavy atom. The molecule has 0 saturated carbocycles. The third-order valence-corrected chi connectivity index (χ3v) is 7.75. The van der Waals surface area contributed by atoms with Gasteiger partial charge in [-0.05, 0) is 86.6 Å². The van der Waals surface area contributed by atoms with E-state index in [4.69, 9.17) is 0 Å². The predicted octanol–water partition coefficient (Wildman–Crippen LogP) is 6.98. The number of amides is 2. The van der Waals surface area contributed by atoms with E-state index in [0.29, 0.717) is 31.0 Å². The number of carbonyl (C=O) groups is 2. The molecule has 0 aromatic heterocycles. The van der Waals surface area contributed by atoms with Gasteiger partial charge >= 0.3 is 18.4 Å². The molecular formula is C27H33F3N2O4S. The van der Waals surface area contributed by atoms with Gasteiger partial charge in [0.15, 0.2) is 0 Å². The topological polar surface area (TPSA) is 78.9 Å². The van der Waals surface area contributed by atoms with Crippen LogP contribution in [0.2, 0.25) is 0 Å². The zero-order valence-electron chi connectivity index (χ0n) is 21.4. The first-order chi connectivity index (χ1) is 17.3. The maximum absolute atomic E-state index is 13.3. The number of urea groups is 1. The summed E-state index contributed by atoms with van der Waals surface area (Å²) >= 11 is 1.29. The molecule has 2 N–H and O–H groups in total. The number of aliphatic carboxylic acids is 1. The van der Waals surface area contributed by atoms with Crippen LogP contribution in [0.15, 0.2) is 47.4 Å². The van der Waals surface area contributed by atoms with E-state index in [-0.39, 0.29) is 17.8 Å². The fourth-order valence-electron chi connectivity index (χ4n) is 4.14. The Hall–Kier alpha value is -2.88. The van der Waals surface area contributed by atoms with Crippen molar-refractivity contribution in [2.24, 2.45) is 5.92 Å². The second kappa shape index (κ2) is 11.7. The number of carboxylic acids is 1. The maximum atomic E-state index is 13.3. The summed E-state index contributed by atoms with van der Waals surface area (Å²) in [5, 5.41) is 12.3. The van der Waals surface area contributed by atoms with Crippen LogP contribution in [0.1, 0.15) is 51.7 Å². The van der Waals surface area contributed by atoms with Crippen molar-refractivity contribution in [3.8, 4) is 5.75 Å². The first-order valence-electron chi connectivity index (χ1n) is 12.2. The van der Waals surface area contributed by atoms with Crippen molar-refractivity contribution >= 4 is 29.4 Å². The average molecular weight is 539 g/mol. The molecule has 2 aromatic rings. The van der Waals surface area contributed by atoms with Crippen molar-refractivity contribution in [1.29, 1.82) is 0 Å². The quantitative estimate of drug-likeness (QED) is 0.319. The van der Waals surface area contributed by atoms with E-state index >= 15 is 0 Å². The average Bonchev–Trinajstić information content (AvgIpc) is 3.21. The molecule has 0 radical (unpaired) electrons. The number of hydrogen-bond donors (Lipinski definition) is 2. The van der Waals surface area contributed by atoms with Gasteiger partial charge in [-0.2, -0.15) is 0 Å². The highest BCUT2D eigenvalue weighted by Gasteiger charge is 2.33. The van der Waals surface area contributed by atoms with Crippen LogP contribution in [0.3, 0.4) is 0 Å². The van der Waals surface area contributed by atoms with Gasteiger partial charge in [0.25, 0.3) is 0 Å². The van der Waals surface area contributed by atoms with Gasteiger partial charge in [0.05, 0.1) is 0 Å². The summed E-state index contributed by atoms with van der Waals surface area (Å²) in [6, 6.07) is 10.6. The molecule has 0 aliphatic heterocycles. The zero-order valence-corrected chi connectivity index (χ0v) is 22.2. The zero-order chi connectivity index (χ0) is 27.4. The number of anilines is 1. The van der Waals surface area contributed by atoms with Gasteiger partial charge in [-0.15, -0.1) is 24.9 Å². The van der Waals surface area contributed by atoms with Crippen LogP contribution >= 0.6 is 11.8 Å². The van der Waals surface area contributed by atoms with E-state index in [2.05, 4.69) is 23.9 Å². The normalized spacial score (nSPS) is 16.1. The minimum absolute atomic E-state index is 0.0837. The summed E-state index contributed by atoms with van der Waals surface area (Å²) in [4.78, 5) is 27.5. The van der Waals surface area contributed by atoms with E-state index < -0.39 is 17.1 Å². The number of thioether (sulfide) groups is 1. The highest BCUT2D eigenvalue weighted by Crippen LogP contribution is 2.36. The van der Waals surface area contributed by atoms with Crippen molar-refractivity contribution in [1.82, 2.24) is 4.90 Å². The van der Waals surface area contributed by atoms with Gasteiger partial charge in [-0.25, -0.2) is 4.79 Å². The van der Waals surface area contributed by atoms with Crippen LogP contribution in [0.4, 0.5) is 23.7 Å². The van der Waals surface area contributed by atoms with Gasteiger partial charge in [-0.3, -0.25) is 4.79 Å². The van der Waals surface area contributed by atoms with Crippen molar-refractivity contribution in [3.63, 3.8) is 0 Å². The largest absolute Gasteiger partial charge is 0.573 e. The molecule has 2 amide bonds. The highest BCUT2D eigenvalue weighted by molar-refractivity contribution is 8.01. The van der Waals surface area contributed by atoms with Crippen LogP contribution < -0.4 is 10.1 Å². The molecule has 6 nitrogen and oxygen atoms in total. The standard InChI is InChI=1S/C27H33F3N2O4S/c1-5-17(2)12-13-32(25(35)31-20-7-9-22(10-8-20)36-27(28,29)30)21-14-18-6-11-23(16-19(18)15-21)37-26(3,4)24(33)34/h6-11,16-17,21H,5,12-15H2,1-4H3,(H,31,35)(H,33,34). The number of rotatable bonds is 10. The van der Waals surface area contributed by atoms with Gasteiger partial charge < -0.3 is 20.1 Å². The molecule has 1 aliphatic rings. The van der Waals surface area contributed by atoms with Crippen molar-refractivity contribution in [3.05, 3.63) is 53.6 Å². The number of nitrogens with one attached hydrogen (secondary N) is 1. The van der Waals surface area contributed by atoms with E-state index in [1.807, 2.05) is 18.2 Å². The lowest BCUT2D eigenvalue weighted by Crippen LogP contribution is -2.44. The second-order valence-electron chi connectivity index (χ2n) is 9.91. The first kappa shape index (κ1) is 28.7. The minimum Gasteiger partial charge on any atom is -0.480 e. The third-order valence-electron chi connectivity index (χ3n) is 6.58. The molecule has 2 unspecified atom stereocenters. The first-order valence-corrected chi connectivity index (χ1v) is 13.1. The Bertz CT molecular complexity index is 1110. The minimum atomic E-state index is -4.78. The Labute approximate surface area is 219 Å². The monoisotopic (exact) mass is 538 g/mol. The maximum Gasteiger partial charge on any atom is 0.573 e. The van der Waals surface area contributed by atoms with E-state index in [1.54, 1.807) is 18.7 Å². The second-order valence-corrected chi connectivity index (χ2v) is 11.6. The number of halogens is 3. The number of benzene rings is 2. The lowest BCUT2D eigenvalue weighted by molar-refractivity contribution is -0.274. The van der Waals surface area contributed by atoms with Crippen LogP contribution in [-0.4, -0.2) is 45.7 Å². The molecule has 0 heterocycles. The molecule has 2 aromatic carbocycles. The number of ether oxygens (including phenoxy) is 1. The molecule has 37 heavy (non-hydrogen) atoms. The molecule has 1 aliphatic carbocycles. The van der Waals surface area contributed by atoms with Crippen LogP contribution in [0, 0.1) is 5.92 Å². The van der Waals surface area contributed by atoms with Crippen molar-refractivity contribution < 1.29 is 32.6 Å². The van der Waals surface area contributed by atoms with Crippen molar-refractivity contribution in [2.75, 3.05) is 11.9 Å². The fraction of sp³-hybridized carbons (Fsp3) is 0.481. The number of alkyl halides is 3. The van der Waals surface area contributed by atoms with Crippen LogP contribution in [0.5, 0.6) is 5.75 Å². The molecule has 2 atom stereocenters. The smallest absolute Gasteiger partial charge is 0.480 e. The number of carboxylic acid groups (broad SMARTS) is 1. The molecule has 202 valence electrons. The summed E-state index contributed by atoms with van der Waals surface area (Å²) in [6.07, 6.45) is -1.65. The Balaban J connectivity index is 1.74. The molecule has 3 rings (SSSR count). The lowest BCUT2D eigenvalue weighted by Gasteiger charge is -2.30. The molecule has 0 bridgehead atoms. The molecule has 0 spiro atoms. The predicted molar refractivity (Wildman–Crippen MR) is 138 cm³/mol. The van der Waals surface area contributed by atoms with E-state index in [9.17, 15) is 27.9 Å². The van der Waals surface area contributed by atoms with Gasteiger partial charge in [-0.1, -0.05) is 26.3 Å². The Morgan fingerprint density at radius 3 is 2.38 bits per heavy atom. The summed E-state index contributed by atoms with van der Waals surface area (Å²) in [5.74, 6) is -0.814. The summed E-state index contributed by atoms with van der Waals surface area (Å²) in [5.41, 5.74) is 2.59. The Morgan fingerprint density at radius 2 is 1.78 bits per heavy atom. The lowest BCUT2D eigenvalue weighted by atomic mass is 10.0. The highest BCUT2D eigenvalue weighted by atomic mass is 32.2. The molecule has 0 fully saturated rings. The number of carbonyl (C=O) groups excluding carboxylic acids is 1. The Kier molecular flexibility index (Phi) is 9.05. The van der Waals surface area contributed by atoms with E-state index in [1.165, 1.54) is 23.9 Å². The van der Waals surface area contributed by atoms with Crippen molar-refractivity contribution in [2.45, 2.75) is 75.4 Å². The van der Waals surface area contributed by atoms with Gasteiger partial charge in [0.1, 0.15) is 10.5 Å². The molecule has 10 heteroatoms. The fourth-order valence-corrected chi connectivity index (χ4v) is 5.16. The van der Waals surface area contributed by atoms with Crippen LogP contribution in [-0.2, 0) is 17.6 Å². The summed E-state index contributed by atoms with van der Waals surface area (Å²) < 4.78 is 40.2. The summed E-state index contributed by atoms with van der Waals surface area (Å²) in [6.45, 7) is 8.11. The van der Waals surface area contributed by atoms with Gasteiger partial charge in [0.2, 0.25) is 0 Å².